The molecule has 0 radical (unpaired) electrons. The summed E-state index contributed by atoms with van der Waals surface area (Å²) < 4.78 is 0. The Labute approximate surface area is 256 Å². The minimum atomic E-state index is 1.24. The van der Waals surface area contributed by atoms with Crippen LogP contribution in [0.5, 0.6) is 0 Å². The fourth-order valence-electron chi connectivity index (χ4n) is 7.28. The second-order valence-electron chi connectivity index (χ2n) is 11.6. The van der Waals surface area contributed by atoms with Crippen LogP contribution in [0.3, 0.4) is 0 Å². The van der Waals surface area contributed by atoms with E-state index in [9.17, 15) is 0 Å². The molecule has 9 aromatic carbocycles. The molecule has 44 heavy (non-hydrogen) atoms. The highest BCUT2D eigenvalue weighted by molar-refractivity contribution is 6.25. The molecule has 0 saturated heterocycles. The van der Waals surface area contributed by atoms with Gasteiger partial charge in [0, 0.05) is 0 Å². The minimum Gasteiger partial charge on any atom is -0.0616 e. The van der Waals surface area contributed by atoms with E-state index < -0.39 is 0 Å². The zero-order valence-electron chi connectivity index (χ0n) is 24.2. The molecule has 0 heteroatoms. The van der Waals surface area contributed by atoms with Crippen LogP contribution < -0.4 is 0 Å². The highest BCUT2D eigenvalue weighted by atomic mass is 14.2. The molecule has 0 N–H and O–H groups in total. The molecule has 0 atom stereocenters. The highest BCUT2D eigenvalue weighted by Gasteiger charge is 2.19. The molecule has 0 unspecified atom stereocenters. The topological polar surface area (TPSA) is 0 Å². The van der Waals surface area contributed by atoms with Gasteiger partial charge in [0.2, 0.25) is 0 Å². The van der Waals surface area contributed by atoms with E-state index in [1.165, 1.54) is 87.2 Å². The Kier molecular flexibility index (Phi) is 5.61. The lowest BCUT2D eigenvalue weighted by atomic mass is 9.83. The van der Waals surface area contributed by atoms with Crippen molar-refractivity contribution in [1.82, 2.24) is 0 Å². The first kappa shape index (κ1) is 24.8. The molecule has 9 rings (SSSR count). The second-order valence-corrected chi connectivity index (χ2v) is 11.6. The maximum atomic E-state index is 2.35. The van der Waals surface area contributed by atoms with Gasteiger partial charge < -0.3 is 0 Å². The maximum Gasteiger partial charge on any atom is -0.00201 e. The van der Waals surface area contributed by atoms with Gasteiger partial charge in [-0.15, -0.1) is 0 Å². The molecule has 0 aromatic heterocycles. The van der Waals surface area contributed by atoms with Crippen LogP contribution in [0.2, 0.25) is 0 Å². The quantitative estimate of drug-likeness (QED) is 0.190. The van der Waals surface area contributed by atoms with Gasteiger partial charge in [0.25, 0.3) is 0 Å². The predicted molar refractivity (Wildman–Crippen MR) is 190 cm³/mol. The van der Waals surface area contributed by atoms with Crippen molar-refractivity contribution in [2.45, 2.75) is 0 Å². The first-order chi connectivity index (χ1) is 21.8. The van der Waals surface area contributed by atoms with Gasteiger partial charge in [-0.2, -0.15) is 0 Å². The van der Waals surface area contributed by atoms with E-state index in [1.807, 2.05) is 0 Å². The van der Waals surface area contributed by atoms with Crippen LogP contribution in [0.4, 0.5) is 0 Å². The second kappa shape index (κ2) is 9.93. The lowest BCUT2D eigenvalue weighted by Crippen LogP contribution is -1.93. The third kappa shape index (κ3) is 3.78. The third-order valence-electron chi connectivity index (χ3n) is 9.24. The summed E-state index contributed by atoms with van der Waals surface area (Å²) in [6.07, 6.45) is 0. The van der Waals surface area contributed by atoms with Crippen LogP contribution in [0.1, 0.15) is 0 Å². The van der Waals surface area contributed by atoms with Crippen LogP contribution in [-0.2, 0) is 0 Å². The van der Waals surface area contributed by atoms with E-state index >= 15 is 0 Å². The van der Waals surface area contributed by atoms with Crippen molar-refractivity contribution < 1.29 is 0 Å². The van der Waals surface area contributed by atoms with E-state index in [0.29, 0.717) is 0 Å². The Bertz CT molecular complexity index is 2490. The molecular formula is C44H28. The van der Waals surface area contributed by atoms with E-state index in [2.05, 4.69) is 170 Å². The third-order valence-corrected chi connectivity index (χ3v) is 9.24. The SMILES string of the molecule is c1ccc2cc(-c3ccc(-c4c5ccccc5c(-c5cccc6ccccc56)c5ccccc45)c4ccccc34)ccc2c1. The number of benzene rings is 9. The van der Waals surface area contributed by atoms with E-state index in [1.54, 1.807) is 0 Å². The van der Waals surface area contributed by atoms with Gasteiger partial charge in [-0.3, -0.25) is 0 Å². The highest BCUT2D eigenvalue weighted by Crippen LogP contribution is 2.47. The maximum absolute atomic E-state index is 2.35. The Morgan fingerprint density at radius 3 is 1.30 bits per heavy atom. The number of fused-ring (bicyclic) bond motifs is 5. The normalized spacial score (nSPS) is 11.6. The van der Waals surface area contributed by atoms with Crippen LogP contribution in [-0.4, -0.2) is 0 Å². The van der Waals surface area contributed by atoms with Gasteiger partial charge in [0.05, 0.1) is 0 Å². The molecule has 0 saturated carbocycles. The smallest absolute Gasteiger partial charge is 0.00201 e. The molecule has 0 nitrogen and oxygen atoms in total. The average molecular weight is 557 g/mol. The van der Waals surface area contributed by atoms with Crippen molar-refractivity contribution in [3.8, 4) is 33.4 Å². The zero-order chi connectivity index (χ0) is 29.0. The van der Waals surface area contributed by atoms with Gasteiger partial charge in [0.1, 0.15) is 0 Å². The van der Waals surface area contributed by atoms with E-state index in [4.69, 9.17) is 0 Å². The number of hydrogen-bond donors (Lipinski definition) is 0. The van der Waals surface area contributed by atoms with Gasteiger partial charge in [-0.05, 0) is 93.3 Å². The minimum absolute atomic E-state index is 1.24. The number of rotatable bonds is 3. The summed E-state index contributed by atoms with van der Waals surface area (Å²) in [5, 5.41) is 12.7. The standard InChI is InChI=1S/C44H28/c1-2-14-31-28-32(25-24-29(31)12-1)34-26-27-42(36-18-6-5-17-35(34)36)44-40-21-9-7-19-38(40)43(39-20-8-10-22-41(39)44)37-23-11-15-30-13-3-4-16-33(30)37/h1-28H. The largest absolute Gasteiger partial charge is 0.0616 e. The fourth-order valence-corrected chi connectivity index (χ4v) is 7.28. The lowest BCUT2D eigenvalue weighted by Gasteiger charge is -2.20. The Morgan fingerprint density at radius 1 is 0.227 bits per heavy atom. The van der Waals surface area contributed by atoms with Crippen LogP contribution in [0.25, 0.3) is 87.2 Å². The zero-order valence-corrected chi connectivity index (χ0v) is 24.2. The van der Waals surface area contributed by atoms with Gasteiger partial charge in [0.15, 0.2) is 0 Å². The number of hydrogen-bond acceptors (Lipinski definition) is 0. The molecule has 9 aromatic rings. The van der Waals surface area contributed by atoms with Gasteiger partial charge in [-0.25, -0.2) is 0 Å². The van der Waals surface area contributed by atoms with Crippen molar-refractivity contribution in [2.75, 3.05) is 0 Å². The van der Waals surface area contributed by atoms with Crippen LogP contribution in [0.15, 0.2) is 170 Å². The summed E-state index contributed by atoms with van der Waals surface area (Å²) in [4.78, 5) is 0. The molecule has 0 aliphatic carbocycles. The molecule has 0 heterocycles. The molecular weight excluding hydrogens is 528 g/mol. The van der Waals surface area contributed by atoms with Crippen molar-refractivity contribution in [3.05, 3.63) is 170 Å². The summed E-state index contributed by atoms with van der Waals surface area (Å²) in [5.41, 5.74) is 7.64. The lowest BCUT2D eigenvalue weighted by molar-refractivity contribution is 1.66. The van der Waals surface area contributed by atoms with Gasteiger partial charge in [-0.1, -0.05) is 164 Å². The molecule has 0 spiro atoms. The Hall–Kier alpha value is -5.72. The van der Waals surface area contributed by atoms with E-state index in [-0.39, 0.29) is 0 Å². The van der Waals surface area contributed by atoms with Crippen molar-refractivity contribution in [2.24, 2.45) is 0 Å². The first-order valence-corrected chi connectivity index (χ1v) is 15.3. The molecule has 0 aliphatic rings. The molecule has 0 fully saturated rings. The fraction of sp³-hybridized carbons (Fsp3) is 0. The first-order valence-electron chi connectivity index (χ1n) is 15.3. The monoisotopic (exact) mass is 556 g/mol. The molecule has 0 aliphatic heterocycles. The summed E-state index contributed by atoms with van der Waals surface area (Å²) in [6, 6.07) is 62.3. The van der Waals surface area contributed by atoms with Crippen LogP contribution >= 0.6 is 0 Å². The van der Waals surface area contributed by atoms with E-state index in [0.717, 1.165) is 0 Å². The molecule has 0 bridgehead atoms. The Balaban J connectivity index is 1.37. The van der Waals surface area contributed by atoms with Crippen molar-refractivity contribution in [1.29, 1.82) is 0 Å². The molecule has 204 valence electrons. The van der Waals surface area contributed by atoms with Crippen LogP contribution in [0, 0.1) is 0 Å². The average Bonchev–Trinajstić information content (AvgIpc) is 3.10. The summed E-state index contributed by atoms with van der Waals surface area (Å²) in [5.74, 6) is 0. The summed E-state index contributed by atoms with van der Waals surface area (Å²) >= 11 is 0. The summed E-state index contributed by atoms with van der Waals surface area (Å²) in [7, 11) is 0. The molecule has 0 amide bonds. The van der Waals surface area contributed by atoms with Crippen molar-refractivity contribution in [3.63, 3.8) is 0 Å². The van der Waals surface area contributed by atoms with Gasteiger partial charge >= 0.3 is 0 Å². The Morgan fingerprint density at radius 2 is 0.659 bits per heavy atom. The summed E-state index contributed by atoms with van der Waals surface area (Å²) in [6.45, 7) is 0. The predicted octanol–water partition coefficient (Wildman–Crippen LogP) is 12.5. The van der Waals surface area contributed by atoms with Crippen molar-refractivity contribution >= 4 is 53.9 Å².